The van der Waals surface area contributed by atoms with Crippen molar-refractivity contribution in [1.82, 2.24) is 0 Å². The molecule has 1 rings (SSSR count). The Morgan fingerprint density at radius 3 is 2.86 bits per heavy atom. The SMILES string of the molecule is CSCCC(O)c1cc(C)ccc1F. The van der Waals surface area contributed by atoms with Crippen LogP contribution < -0.4 is 0 Å². The van der Waals surface area contributed by atoms with Crippen molar-refractivity contribution in [2.45, 2.75) is 19.4 Å². The van der Waals surface area contributed by atoms with Gasteiger partial charge in [0, 0.05) is 5.56 Å². The molecule has 0 amide bonds. The molecule has 0 saturated carbocycles. The lowest BCUT2D eigenvalue weighted by atomic mass is 10.0. The minimum Gasteiger partial charge on any atom is -0.388 e. The lowest BCUT2D eigenvalue weighted by Gasteiger charge is -2.11. The summed E-state index contributed by atoms with van der Waals surface area (Å²) in [5.74, 6) is 0.526. The molecule has 1 atom stereocenters. The molecule has 1 aromatic rings. The molecule has 0 bridgehead atoms. The molecule has 0 saturated heterocycles. The molecule has 1 N–H and O–H groups in total. The van der Waals surface area contributed by atoms with Crippen LogP contribution in [0.3, 0.4) is 0 Å². The number of aryl methyl sites for hydroxylation is 1. The third kappa shape index (κ3) is 3.00. The van der Waals surface area contributed by atoms with Gasteiger partial charge in [0.1, 0.15) is 5.82 Å². The van der Waals surface area contributed by atoms with Crippen LogP contribution in [0.1, 0.15) is 23.7 Å². The quantitative estimate of drug-likeness (QED) is 0.831. The Bertz CT molecular complexity index is 301. The fourth-order valence-electron chi connectivity index (χ4n) is 1.30. The van der Waals surface area contributed by atoms with Crippen molar-refractivity contribution < 1.29 is 9.50 Å². The Kier molecular flexibility index (Phi) is 4.42. The third-order valence-electron chi connectivity index (χ3n) is 2.11. The van der Waals surface area contributed by atoms with Crippen molar-refractivity contribution in [1.29, 1.82) is 0 Å². The van der Waals surface area contributed by atoms with Gasteiger partial charge in [0.25, 0.3) is 0 Å². The molecule has 0 aromatic heterocycles. The van der Waals surface area contributed by atoms with E-state index in [-0.39, 0.29) is 5.82 Å². The Labute approximate surface area is 88.3 Å². The van der Waals surface area contributed by atoms with E-state index < -0.39 is 6.10 Å². The van der Waals surface area contributed by atoms with Crippen molar-refractivity contribution in [3.05, 3.63) is 35.1 Å². The largest absolute Gasteiger partial charge is 0.388 e. The molecule has 1 nitrogen and oxygen atoms in total. The third-order valence-corrected chi connectivity index (χ3v) is 2.75. The van der Waals surface area contributed by atoms with Crippen LogP contribution in [0.25, 0.3) is 0 Å². The van der Waals surface area contributed by atoms with Crippen LogP contribution in [0.5, 0.6) is 0 Å². The first-order valence-electron chi connectivity index (χ1n) is 4.58. The summed E-state index contributed by atoms with van der Waals surface area (Å²) in [6.07, 6.45) is 1.89. The van der Waals surface area contributed by atoms with Crippen molar-refractivity contribution in [3.63, 3.8) is 0 Å². The predicted octanol–water partition coefficient (Wildman–Crippen LogP) is 2.92. The van der Waals surface area contributed by atoms with Gasteiger partial charge >= 0.3 is 0 Å². The van der Waals surface area contributed by atoms with Crippen LogP contribution in [0.4, 0.5) is 4.39 Å². The van der Waals surface area contributed by atoms with Crippen LogP contribution in [0, 0.1) is 12.7 Å². The Balaban J connectivity index is 2.77. The van der Waals surface area contributed by atoms with Gasteiger partial charge in [-0.3, -0.25) is 0 Å². The van der Waals surface area contributed by atoms with Crippen molar-refractivity contribution in [2.75, 3.05) is 12.0 Å². The van der Waals surface area contributed by atoms with E-state index in [0.29, 0.717) is 12.0 Å². The fourth-order valence-corrected chi connectivity index (χ4v) is 1.76. The highest BCUT2D eigenvalue weighted by Gasteiger charge is 2.11. The van der Waals surface area contributed by atoms with Gasteiger partial charge in [-0.2, -0.15) is 11.8 Å². The predicted molar refractivity (Wildman–Crippen MR) is 59.1 cm³/mol. The van der Waals surface area contributed by atoms with Gasteiger partial charge in [-0.05, 0) is 31.4 Å². The second-order valence-electron chi connectivity index (χ2n) is 3.32. The maximum Gasteiger partial charge on any atom is 0.129 e. The maximum absolute atomic E-state index is 13.3. The molecule has 0 radical (unpaired) electrons. The Hall–Kier alpha value is -0.540. The fraction of sp³-hybridized carbons (Fsp3) is 0.455. The number of aliphatic hydroxyl groups is 1. The summed E-state index contributed by atoms with van der Waals surface area (Å²) >= 11 is 1.65. The molecule has 0 aliphatic carbocycles. The van der Waals surface area contributed by atoms with Crippen LogP contribution >= 0.6 is 11.8 Å². The lowest BCUT2D eigenvalue weighted by Crippen LogP contribution is -2.02. The van der Waals surface area contributed by atoms with Gasteiger partial charge in [-0.25, -0.2) is 4.39 Å². The zero-order valence-corrected chi connectivity index (χ0v) is 9.27. The second kappa shape index (κ2) is 5.37. The molecule has 0 aliphatic rings. The van der Waals surface area contributed by atoms with Gasteiger partial charge in [-0.1, -0.05) is 17.7 Å². The molecule has 0 heterocycles. The van der Waals surface area contributed by atoms with Gasteiger partial charge in [0.15, 0.2) is 0 Å². The normalized spacial score (nSPS) is 12.9. The van der Waals surface area contributed by atoms with E-state index in [0.717, 1.165) is 11.3 Å². The summed E-state index contributed by atoms with van der Waals surface area (Å²) in [4.78, 5) is 0. The summed E-state index contributed by atoms with van der Waals surface area (Å²) < 4.78 is 13.3. The van der Waals surface area contributed by atoms with Crippen molar-refractivity contribution in [3.8, 4) is 0 Å². The lowest BCUT2D eigenvalue weighted by molar-refractivity contribution is 0.170. The average Bonchev–Trinajstić information content (AvgIpc) is 2.18. The number of aliphatic hydroxyl groups excluding tert-OH is 1. The van der Waals surface area contributed by atoms with Crippen LogP contribution in [-0.2, 0) is 0 Å². The summed E-state index contributed by atoms with van der Waals surface area (Å²) in [6.45, 7) is 1.89. The first kappa shape index (κ1) is 11.5. The zero-order chi connectivity index (χ0) is 10.6. The Morgan fingerprint density at radius 2 is 2.21 bits per heavy atom. The van der Waals surface area contributed by atoms with Crippen LogP contribution in [-0.4, -0.2) is 17.1 Å². The molecular weight excluding hydrogens is 199 g/mol. The first-order chi connectivity index (χ1) is 6.65. The first-order valence-corrected chi connectivity index (χ1v) is 5.97. The summed E-state index contributed by atoms with van der Waals surface area (Å²) in [7, 11) is 0. The highest BCUT2D eigenvalue weighted by molar-refractivity contribution is 7.98. The zero-order valence-electron chi connectivity index (χ0n) is 8.46. The van der Waals surface area contributed by atoms with E-state index in [2.05, 4.69) is 0 Å². The summed E-state index contributed by atoms with van der Waals surface area (Å²) in [5, 5.41) is 9.70. The molecule has 1 aromatic carbocycles. The number of thioether (sulfide) groups is 1. The molecular formula is C11H15FOS. The molecule has 0 aliphatic heterocycles. The van der Waals surface area contributed by atoms with Gasteiger partial charge in [-0.15, -0.1) is 0 Å². The number of rotatable bonds is 4. The highest BCUT2D eigenvalue weighted by Crippen LogP contribution is 2.22. The highest BCUT2D eigenvalue weighted by atomic mass is 32.2. The molecule has 0 spiro atoms. The van der Waals surface area contributed by atoms with Gasteiger partial charge in [0.2, 0.25) is 0 Å². The average molecular weight is 214 g/mol. The molecule has 3 heteroatoms. The van der Waals surface area contributed by atoms with Crippen molar-refractivity contribution >= 4 is 11.8 Å². The topological polar surface area (TPSA) is 20.2 Å². The number of hydrogen-bond donors (Lipinski definition) is 1. The van der Waals surface area contributed by atoms with Crippen molar-refractivity contribution in [2.24, 2.45) is 0 Å². The van der Waals surface area contributed by atoms with E-state index in [4.69, 9.17) is 0 Å². The second-order valence-corrected chi connectivity index (χ2v) is 4.31. The minimum absolute atomic E-state index is 0.316. The van der Waals surface area contributed by atoms with E-state index in [1.165, 1.54) is 6.07 Å². The smallest absolute Gasteiger partial charge is 0.129 e. The molecule has 0 fully saturated rings. The van der Waals surface area contributed by atoms with Gasteiger partial charge < -0.3 is 5.11 Å². The minimum atomic E-state index is -0.678. The van der Waals surface area contributed by atoms with Crippen LogP contribution in [0.15, 0.2) is 18.2 Å². The number of halogens is 1. The maximum atomic E-state index is 13.3. The summed E-state index contributed by atoms with van der Waals surface area (Å²) in [6, 6.07) is 4.83. The van der Waals surface area contributed by atoms with Crippen LogP contribution in [0.2, 0.25) is 0 Å². The number of hydrogen-bond acceptors (Lipinski definition) is 2. The molecule has 14 heavy (non-hydrogen) atoms. The van der Waals surface area contributed by atoms with E-state index in [9.17, 15) is 9.50 Å². The standard InChI is InChI=1S/C11H15FOS/c1-8-3-4-10(12)9(7-8)11(13)5-6-14-2/h3-4,7,11,13H,5-6H2,1-2H3. The Morgan fingerprint density at radius 1 is 1.50 bits per heavy atom. The summed E-state index contributed by atoms with van der Waals surface area (Å²) in [5.41, 5.74) is 1.39. The van der Waals surface area contributed by atoms with E-state index in [1.54, 1.807) is 23.9 Å². The molecule has 1 unspecified atom stereocenters. The number of benzene rings is 1. The molecule has 78 valence electrons. The van der Waals surface area contributed by atoms with E-state index in [1.807, 2.05) is 13.2 Å². The monoisotopic (exact) mass is 214 g/mol. The van der Waals surface area contributed by atoms with Gasteiger partial charge in [0.05, 0.1) is 6.10 Å². The van der Waals surface area contributed by atoms with E-state index >= 15 is 0 Å².